The van der Waals surface area contributed by atoms with Gasteiger partial charge in [-0.1, -0.05) is 38.1 Å². The monoisotopic (exact) mass is 367 g/mol. The standard InChI is InChI=1S/C20H19NO2S.C2H6/c1-2-14(8-13(10-21)11-22)15-9-20(24-12-15)18-5-3-4-17-16(18)6-7-19(17)23;1-2/h2-5,8-9,12,19,22-23H,6-7,11H2,1H3;1-2H3/b13-8-,14-2+;. The summed E-state index contributed by atoms with van der Waals surface area (Å²) >= 11 is 1.66. The number of aliphatic hydroxyl groups excluding tert-OH is 2. The molecular formula is C22H25NO2S. The number of nitriles is 1. The van der Waals surface area contributed by atoms with Gasteiger partial charge in [-0.25, -0.2) is 0 Å². The fourth-order valence-corrected chi connectivity index (χ4v) is 4.10. The first-order valence-electron chi connectivity index (χ1n) is 8.95. The molecule has 0 saturated carbocycles. The molecule has 1 aromatic carbocycles. The number of aliphatic hydroxyl groups is 2. The van der Waals surface area contributed by atoms with Crippen LogP contribution in [-0.2, 0) is 6.42 Å². The van der Waals surface area contributed by atoms with Gasteiger partial charge in [-0.05, 0) is 65.1 Å². The highest BCUT2D eigenvalue weighted by atomic mass is 32.1. The van der Waals surface area contributed by atoms with E-state index >= 15 is 0 Å². The molecule has 0 spiro atoms. The zero-order valence-electron chi connectivity index (χ0n) is 15.5. The Morgan fingerprint density at radius 1 is 1.38 bits per heavy atom. The number of thiophene rings is 1. The maximum absolute atomic E-state index is 10.1. The van der Waals surface area contributed by atoms with Gasteiger partial charge in [-0.3, -0.25) is 0 Å². The quantitative estimate of drug-likeness (QED) is 0.572. The smallest absolute Gasteiger partial charge is 0.0971 e. The lowest BCUT2D eigenvalue weighted by molar-refractivity contribution is 0.180. The molecule has 3 nitrogen and oxygen atoms in total. The summed E-state index contributed by atoms with van der Waals surface area (Å²) in [4.78, 5) is 1.16. The fourth-order valence-electron chi connectivity index (χ4n) is 3.13. The molecule has 0 amide bonds. The Labute approximate surface area is 159 Å². The third kappa shape index (κ3) is 4.13. The van der Waals surface area contributed by atoms with Gasteiger partial charge in [0.1, 0.15) is 0 Å². The Morgan fingerprint density at radius 3 is 2.81 bits per heavy atom. The Bertz CT molecular complexity index is 855. The first-order chi connectivity index (χ1) is 12.7. The average molecular weight is 368 g/mol. The molecule has 0 aliphatic heterocycles. The van der Waals surface area contributed by atoms with E-state index in [1.807, 2.05) is 45.0 Å². The number of hydrogen-bond donors (Lipinski definition) is 2. The van der Waals surface area contributed by atoms with Crippen LogP contribution in [0.4, 0.5) is 0 Å². The average Bonchev–Trinajstić information content (AvgIpc) is 3.32. The summed E-state index contributed by atoms with van der Waals surface area (Å²) in [6, 6.07) is 10.2. The van der Waals surface area contributed by atoms with E-state index in [0.717, 1.165) is 34.4 Å². The second kappa shape index (κ2) is 9.49. The highest BCUT2D eigenvalue weighted by molar-refractivity contribution is 7.13. The minimum absolute atomic E-state index is 0.255. The molecule has 1 aliphatic rings. The van der Waals surface area contributed by atoms with Gasteiger partial charge >= 0.3 is 0 Å². The number of allylic oxidation sites excluding steroid dienone is 3. The molecule has 3 rings (SSSR count). The van der Waals surface area contributed by atoms with Crippen molar-refractivity contribution in [2.45, 2.75) is 39.7 Å². The molecule has 1 aliphatic carbocycles. The third-order valence-corrected chi connectivity index (χ3v) is 5.36. The zero-order chi connectivity index (χ0) is 19.1. The number of nitrogens with zero attached hydrogens (tertiary/aromatic N) is 1. The Balaban J connectivity index is 0.00000117. The summed E-state index contributed by atoms with van der Waals surface area (Å²) in [5.41, 5.74) is 5.78. The van der Waals surface area contributed by atoms with Crippen molar-refractivity contribution in [1.82, 2.24) is 0 Å². The molecule has 4 heteroatoms. The van der Waals surface area contributed by atoms with Crippen LogP contribution in [-0.4, -0.2) is 16.8 Å². The van der Waals surface area contributed by atoms with Crippen LogP contribution in [0.3, 0.4) is 0 Å². The third-order valence-electron chi connectivity index (χ3n) is 4.39. The predicted octanol–water partition coefficient (Wildman–Crippen LogP) is 5.27. The van der Waals surface area contributed by atoms with E-state index in [0.29, 0.717) is 5.57 Å². The van der Waals surface area contributed by atoms with Crippen molar-refractivity contribution in [2.24, 2.45) is 0 Å². The molecule has 26 heavy (non-hydrogen) atoms. The molecule has 1 unspecified atom stereocenters. The summed E-state index contributed by atoms with van der Waals surface area (Å²) in [7, 11) is 0. The zero-order valence-corrected chi connectivity index (χ0v) is 16.3. The predicted molar refractivity (Wildman–Crippen MR) is 109 cm³/mol. The summed E-state index contributed by atoms with van der Waals surface area (Å²) < 4.78 is 0. The van der Waals surface area contributed by atoms with Gasteiger partial charge in [-0.2, -0.15) is 5.26 Å². The summed E-state index contributed by atoms with van der Waals surface area (Å²) in [6.07, 6.45) is 5.01. The van der Waals surface area contributed by atoms with Crippen LogP contribution in [0.25, 0.3) is 16.0 Å². The topological polar surface area (TPSA) is 64.2 Å². The van der Waals surface area contributed by atoms with Gasteiger partial charge in [0.2, 0.25) is 0 Å². The largest absolute Gasteiger partial charge is 0.391 e. The van der Waals surface area contributed by atoms with E-state index < -0.39 is 0 Å². The van der Waals surface area contributed by atoms with Crippen molar-refractivity contribution in [3.63, 3.8) is 0 Å². The van der Waals surface area contributed by atoms with Crippen molar-refractivity contribution in [1.29, 1.82) is 5.26 Å². The Hall–Kier alpha value is -2.19. The van der Waals surface area contributed by atoms with Crippen molar-refractivity contribution < 1.29 is 10.2 Å². The van der Waals surface area contributed by atoms with Crippen LogP contribution in [0, 0.1) is 11.3 Å². The molecule has 0 bridgehead atoms. The summed E-state index contributed by atoms with van der Waals surface area (Å²) in [5, 5.41) is 30.3. The van der Waals surface area contributed by atoms with E-state index in [2.05, 4.69) is 17.5 Å². The van der Waals surface area contributed by atoms with Gasteiger partial charge in [0.25, 0.3) is 0 Å². The molecule has 1 aromatic heterocycles. The van der Waals surface area contributed by atoms with Crippen LogP contribution < -0.4 is 0 Å². The lowest BCUT2D eigenvalue weighted by Gasteiger charge is -2.07. The first-order valence-corrected chi connectivity index (χ1v) is 9.82. The minimum Gasteiger partial charge on any atom is -0.391 e. The first kappa shape index (κ1) is 20.1. The van der Waals surface area contributed by atoms with E-state index in [1.54, 1.807) is 17.4 Å². The highest BCUT2D eigenvalue weighted by Crippen LogP contribution is 2.40. The second-order valence-corrected chi connectivity index (χ2v) is 6.72. The van der Waals surface area contributed by atoms with Crippen molar-refractivity contribution in [3.05, 3.63) is 64.1 Å². The number of benzene rings is 1. The number of rotatable bonds is 4. The minimum atomic E-state index is -0.351. The van der Waals surface area contributed by atoms with Crippen LogP contribution in [0.1, 0.15) is 50.0 Å². The Kier molecular flexibility index (Phi) is 7.35. The fraction of sp³-hybridized carbons (Fsp3) is 0.318. The van der Waals surface area contributed by atoms with Crippen LogP contribution in [0.2, 0.25) is 0 Å². The normalized spacial score (nSPS) is 16.5. The molecule has 1 atom stereocenters. The molecular weight excluding hydrogens is 342 g/mol. The lowest BCUT2D eigenvalue weighted by atomic mass is 10.00. The molecule has 1 heterocycles. The molecule has 0 fully saturated rings. The molecule has 2 aromatic rings. The van der Waals surface area contributed by atoms with Crippen LogP contribution >= 0.6 is 11.3 Å². The maximum Gasteiger partial charge on any atom is 0.0971 e. The van der Waals surface area contributed by atoms with Crippen molar-refractivity contribution in [3.8, 4) is 16.5 Å². The van der Waals surface area contributed by atoms with Crippen LogP contribution in [0.5, 0.6) is 0 Å². The maximum atomic E-state index is 10.1. The molecule has 2 N–H and O–H groups in total. The van der Waals surface area contributed by atoms with E-state index in [-0.39, 0.29) is 12.7 Å². The van der Waals surface area contributed by atoms with Crippen LogP contribution in [0.15, 0.2) is 47.4 Å². The van der Waals surface area contributed by atoms with Crippen molar-refractivity contribution in [2.75, 3.05) is 6.61 Å². The highest BCUT2D eigenvalue weighted by Gasteiger charge is 2.23. The summed E-state index contributed by atoms with van der Waals surface area (Å²) in [5.74, 6) is 0. The van der Waals surface area contributed by atoms with E-state index in [1.165, 1.54) is 11.1 Å². The van der Waals surface area contributed by atoms with Gasteiger partial charge in [0.05, 0.1) is 24.4 Å². The van der Waals surface area contributed by atoms with Gasteiger partial charge in [0, 0.05) is 4.88 Å². The number of fused-ring (bicyclic) bond motifs is 1. The SMILES string of the molecule is C/C=C(\C=C(\C#N)CO)c1csc(-c2cccc3c2CCC3O)c1.CC. The second-order valence-electron chi connectivity index (χ2n) is 5.81. The summed E-state index contributed by atoms with van der Waals surface area (Å²) in [6.45, 7) is 5.67. The van der Waals surface area contributed by atoms with Crippen molar-refractivity contribution >= 4 is 16.9 Å². The molecule has 136 valence electrons. The Morgan fingerprint density at radius 2 is 2.15 bits per heavy atom. The van der Waals surface area contributed by atoms with E-state index in [4.69, 9.17) is 5.26 Å². The number of hydrogen-bond acceptors (Lipinski definition) is 4. The van der Waals surface area contributed by atoms with Gasteiger partial charge in [0.15, 0.2) is 0 Å². The van der Waals surface area contributed by atoms with Gasteiger partial charge in [-0.15, -0.1) is 11.3 Å². The molecule has 0 radical (unpaired) electrons. The lowest BCUT2D eigenvalue weighted by Crippen LogP contribution is -1.90. The van der Waals surface area contributed by atoms with Gasteiger partial charge < -0.3 is 10.2 Å². The van der Waals surface area contributed by atoms with E-state index in [9.17, 15) is 10.2 Å². The molecule has 0 saturated heterocycles.